The second-order valence-corrected chi connectivity index (χ2v) is 5.72. The molecule has 2 aliphatic heterocycles. The fourth-order valence-electron chi connectivity index (χ4n) is 2.36. The first-order chi connectivity index (χ1) is 6.47. The Morgan fingerprint density at radius 1 is 1.00 bits per heavy atom. The monoisotopic (exact) mass is 194 g/mol. The number of rotatable bonds is 0. The molecule has 0 spiro atoms. The van der Waals surface area contributed by atoms with Gasteiger partial charge in [-0.05, 0) is 39.8 Å². The fraction of sp³-hybridized carbons (Fsp3) is 0.833. The Hall–Kier alpha value is -0.340. The molecule has 0 bridgehead atoms. The van der Waals surface area contributed by atoms with Gasteiger partial charge < -0.3 is 4.90 Å². The van der Waals surface area contributed by atoms with Crippen molar-refractivity contribution in [2.24, 2.45) is 0 Å². The van der Waals surface area contributed by atoms with E-state index in [4.69, 9.17) is 0 Å². The van der Waals surface area contributed by atoms with Crippen LogP contribution in [-0.4, -0.2) is 48.6 Å². The Labute approximate surface area is 87.6 Å². The quantitative estimate of drug-likeness (QED) is 0.542. The van der Waals surface area contributed by atoms with Crippen LogP contribution in [0, 0.1) is 0 Å². The Morgan fingerprint density at radius 2 is 1.64 bits per heavy atom. The molecule has 0 aliphatic carbocycles. The van der Waals surface area contributed by atoms with Gasteiger partial charge in [-0.15, -0.1) is 0 Å². The minimum Gasteiger partial charge on any atom is -0.302 e. The molecule has 0 fully saturated rings. The molecular weight excluding hydrogens is 172 g/mol. The summed E-state index contributed by atoms with van der Waals surface area (Å²) < 4.78 is 0. The summed E-state index contributed by atoms with van der Waals surface area (Å²) in [5.74, 6) is 0. The lowest BCUT2D eigenvalue weighted by molar-refractivity contribution is 0.178. The first-order valence-corrected chi connectivity index (χ1v) is 5.60. The second kappa shape index (κ2) is 3.35. The maximum Gasteiger partial charge on any atom is 0.0217 e. The van der Waals surface area contributed by atoms with E-state index in [1.54, 1.807) is 11.1 Å². The third-order valence-electron chi connectivity index (χ3n) is 3.47. The van der Waals surface area contributed by atoms with Crippen molar-refractivity contribution in [1.82, 2.24) is 9.80 Å². The molecule has 2 rings (SSSR count). The minimum absolute atomic E-state index is 0.329. The molecule has 80 valence electrons. The molecule has 14 heavy (non-hydrogen) atoms. The van der Waals surface area contributed by atoms with Crippen molar-refractivity contribution >= 4 is 0 Å². The number of nitrogens with zero attached hydrogens (tertiary/aromatic N) is 2. The molecule has 2 nitrogen and oxygen atoms in total. The summed E-state index contributed by atoms with van der Waals surface area (Å²) in [5, 5.41) is 0. The average Bonchev–Trinajstić information content (AvgIpc) is 2.45. The van der Waals surface area contributed by atoms with E-state index in [-0.39, 0.29) is 0 Å². The smallest absolute Gasteiger partial charge is 0.0217 e. The Kier molecular flexibility index (Phi) is 2.44. The molecule has 0 saturated heterocycles. The van der Waals surface area contributed by atoms with E-state index in [9.17, 15) is 0 Å². The van der Waals surface area contributed by atoms with E-state index in [0.717, 1.165) is 0 Å². The molecule has 2 heteroatoms. The zero-order valence-electron chi connectivity index (χ0n) is 9.93. The number of hydrogen-bond acceptors (Lipinski definition) is 2. The zero-order valence-corrected chi connectivity index (χ0v) is 9.93. The van der Waals surface area contributed by atoms with Crippen molar-refractivity contribution < 1.29 is 0 Å². The summed E-state index contributed by atoms with van der Waals surface area (Å²) in [5.41, 5.74) is 3.74. The first kappa shape index (κ1) is 10.2. The summed E-state index contributed by atoms with van der Waals surface area (Å²) in [6, 6.07) is 0. The highest BCUT2D eigenvalue weighted by molar-refractivity contribution is 5.27. The van der Waals surface area contributed by atoms with Crippen LogP contribution in [0.3, 0.4) is 0 Å². The van der Waals surface area contributed by atoms with Gasteiger partial charge in [0, 0.05) is 31.7 Å². The van der Waals surface area contributed by atoms with Crippen LogP contribution < -0.4 is 0 Å². The molecular formula is C12H22N2. The maximum atomic E-state index is 2.59. The molecule has 0 radical (unpaired) electrons. The summed E-state index contributed by atoms with van der Waals surface area (Å²) in [4.78, 5) is 5.03. The van der Waals surface area contributed by atoms with Gasteiger partial charge in [-0.25, -0.2) is 0 Å². The van der Waals surface area contributed by atoms with Crippen LogP contribution in [-0.2, 0) is 0 Å². The molecule has 0 unspecified atom stereocenters. The van der Waals surface area contributed by atoms with E-state index in [1.807, 2.05) is 0 Å². The van der Waals surface area contributed by atoms with E-state index < -0.39 is 0 Å². The van der Waals surface area contributed by atoms with Crippen molar-refractivity contribution in [2.45, 2.75) is 32.7 Å². The normalized spacial score (nSPS) is 25.7. The minimum atomic E-state index is 0.329. The van der Waals surface area contributed by atoms with Crippen LogP contribution in [0.25, 0.3) is 0 Å². The van der Waals surface area contributed by atoms with E-state index in [2.05, 4.69) is 37.6 Å². The van der Waals surface area contributed by atoms with Crippen molar-refractivity contribution in [3.8, 4) is 0 Å². The summed E-state index contributed by atoms with van der Waals surface area (Å²) in [6.07, 6.45) is 1.29. The fourth-order valence-corrected chi connectivity index (χ4v) is 2.36. The van der Waals surface area contributed by atoms with Gasteiger partial charge >= 0.3 is 0 Å². The highest BCUT2D eigenvalue weighted by atomic mass is 15.2. The predicted octanol–water partition coefficient (Wildman–Crippen LogP) is 1.73. The Morgan fingerprint density at radius 3 is 2.29 bits per heavy atom. The van der Waals surface area contributed by atoms with Crippen LogP contribution in [0.1, 0.15) is 27.2 Å². The molecule has 0 aromatic carbocycles. The highest BCUT2D eigenvalue weighted by Gasteiger charge is 2.31. The van der Waals surface area contributed by atoms with Gasteiger partial charge in [0.05, 0.1) is 0 Å². The summed E-state index contributed by atoms with van der Waals surface area (Å²) >= 11 is 0. The SMILES string of the molecule is CN1CCC2=C(C1)CN(C(C)(C)C)C2. The van der Waals surface area contributed by atoms with Gasteiger partial charge in [0.1, 0.15) is 0 Å². The van der Waals surface area contributed by atoms with Gasteiger partial charge in [0.15, 0.2) is 0 Å². The van der Waals surface area contributed by atoms with Gasteiger partial charge in [-0.2, -0.15) is 0 Å². The number of hydrogen-bond donors (Lipinski definition) is 0. The average molecular weight is 194 g/mol. The highest BCUT2D eigenvalue weighted by Crippen LogP contribution is 2.29. The Bertz CT molecular complexity index is 260. The van der Waals surface area contributed by atoms with E-state index in [1.165, 1.54) is 32.6 Å². The van der Waals surface area contributed by atoms with Crippen LogP contribution in [0.5, 0.6) is 0 Å². The van der Waals surface area contributed by atoms with Gasteiger partial charge in [0.2, 0.25) is 0 Å². The van der Waals surface area contributed by atoms with E-state index in [0.29, 0.717) is 5.54 Å². The standard InChI is InChI=1S/C12H22N2/c1-12(2,3)14-8-10-5-6-13(4)7-11(10)9-14/h5-9H2,1-4H3. The second-order valence-electron chi connectivity index (χ2n) is 5.72. The molecule has 0 aromatic heterocycles. The largest absolute Gasteiger partial charge is 0.302 e. The van der Waals surface area contributed by atoms with Crippen molar-refractivity contribution in [1.29, 1.82) is 0 Å². The molecule has 0 amide bonds. The molecule has 0 atom stereocenters. The molecule has 0 aromatic rings. The maximum absolute atomic E-state index is 2.59. The lowest BCUT2D eigenvalue weighted by Crippen LogP contribution is -2.40. The topological polar surface area (TPSA) is 6.48 Å². The lowest BCUT2D eigenvalue weighted by Gasteiger charge is -2.32. The van der Waals surface area contributed by atoms with Crippen molar-refractivity contribution in [2.75, 3.05) is 33.2 Å². The third kappa shape index (κ3) is 1.86. The Balaban J connectivity index is 2.06. The molecule has 0 saturated carbocycles. The molecule has 2 heterocycles. The van der Waals surface area contributed by atoms with Gasteiger partial charge in [0.25, 0.3) is 0 Å². The van der Waals surface area contributed by atoms with Crippen LogP contribution in [0.15, 0.2) is 11.1 Å². The molecule has 2 aliphatic rings. The van der Waals surface area contributed by atoms with Gasteiger partial charge in [-0.1, -0.05) is 5.57 Å². The van der Waals surface area contributed by atoms with Gasteiger partial charge in [-0.3, -0.25) is 4.90 Å². The third-order valence-corrected chi connectivity index (χ3v) is 3.47. The summed E-state index contributed by atoms with van der Waals surface area (Å²) in [7, 11) is 2.23. The van der Waals surface area contributed by atoms with Crippen LogP contribution >= 0.6 is 0 Å². The van der Waals surface area contributed by atoms with E-state index >= 15 is 0 Å². The van der Waals surface area contributed by atoms with Crippen LogP contribution in [0.2, 0.25) is 0 Å². The van der Waals surface area contributed by atoms with Crippen molar-refractivity contribution in [3.05, 3.63) is 11.1 Å². The van der Waals surface area contributed by atoms with Crippen molar-refractivity contribution in [3.63, 3.8) is 0 Å². The summed E-state index contributed by atoms with van der Waals surface area (Å²) in [6.45, 7) is 11.8. The van der Waals surface area contributed by atoms with Crippen LogP contribution in [0.4, 0.5) is 0 Å². The first-order valence-electron chi connectivity index (χ1n) is 5.60. The number of likely N-dealkylation sites (N-methyl/N-ethyl adjacent to an activating group) is 1. The zero-order chi connectivity index (χ0) is 10.3. The predicted molar refractivity (Wildman–Crippen MR) is 60.5 cm³/mol. The molecule has 0 N–H and O–H groups in total. The lowest BCUT2D eigenvalue weighted by atomic mass is 10.0.